The highest BCUT2D eigenvalue weighted by Crippen LogP contribution is 2.38. The summed E-state index contributed by atoms with van der Waals surface area (Å²) in [5.41, 5.74) is 8.74. The van der Waals surface area contributed by atoms with Crippen LogP contribution in [0.1, 0.15) is 160 Å². The SMILES string of the molecule is COC(=O)c1c(C(F)(F)F)nn2c1NCC2.COC(=O)c1c(C)nn2c1N(Cc1ccc(F)cc1)CC2.COC(=O)c1ccc([C@H](C)NC(=O)c2c(C)nn3c2N(Cc2ccc(F)cc2)CC3)cc1.Cc1nn2c(c1C(=O)N[C@@H](C)c1ccc(C(=O)O)cc1)N(Cc1ccc(F)cc1)CC2.Cc1nn2c(c1C(=O)O)N(Cc1ccc(F)cc1)CC2. The fraction of sp³-hybridized carbons (Fsp3) is 0.310. The molecule has 2 amide bonds. The standard InChI is InChI=1S/C24H25FN4O3.C23H23FN4O3.C15H16FN3O2.C14H14FN3O2.C8H8F3N3O2/c1-15(18-6-8-19(9-7-18)24(31)32-3)26-22(30)21-16(2)27-29-13-12-28(23(21)29)14-17-4-10-20(25)11-5-17;1-14(17-5-7-18(8-6-17)23(30)31)25-21(29)20-15(2)26-28-12-11-27(22(20)28)13-16-3-9-19(24)10-4-16;1-10-13(15(20)21-2)14-18(7-8-19(14)17-10)9-11-3-5-12(16)6-4-11;1-9-12(14(19)20)13-17(6-7-18(13)16-9)8-10-2-4-11(15)5-3-10;1-16-7(15)4-5(8(9,10)11)13-14-3-2-12-6(4)14/h4-11,15H,12-14H2,1-3H3,(H,26,30);3-10,14H,11-13H2,1-2H3,(H,25,29)(H,30,31);3-6H,7-9H2,1-2H3;2-5H,6-8H2,1H3,(H,19,20);12H,2-3H2,1H3/t15-;14-;;;/m00.../s1. The van der Waals surface area contributed by atoms with Crippen molar-refractivity contribution in [3.05, 3.63) is 270 Å². The van der Waals surface area contributed by atoms with E-state index in [2.05, 4.69) is 60.9 Å². The van der Waals surface area contributed by atoms with E-state index in [1.165, 1.54) is 74.9 Å². The van der Waals surface area contributed by atoms with Crippen LogP contribution < -0.4 is 35.6 Å². The zero-order valence-electron chi connectivity index (χ0n) is 66.8. The lowest BCUT2D eigenvalue weighted by Crippen LogP contribution is -2.29. The summed E-state index contributed by atoms with van der Waals surface area (Å²) in [5.74, 6) is -2.28. The average molecular weight is 1660 g/mol. The number of carbonyl (C=O) groups excluding carboxylic acids is 5. The van der Waals surface area contributed by atoms with Gasteiger partial charge in [0.25, 0.3) is 11.8 Å². The highest BCUT2D eigenvalue weighted by atomic mass is 19.4. The molecule has 0 radical (unpaired) electrons. The number of esters is 3. The van der Waals surface area contributed by atoms with E-state index in [0.29, 0.717) is 123 Å². The lowest BCUT2D eigenvalue weighted by atomic mass is 10.1. The minimum atomic E-state index is -4.66. The highest BCUT2D eigenvalue weighted by Gasteiger charge is 2.43. The van der Waals surface area contributed by atoms with Crippen molar-refractivity contribution in [3.8, 4) is 0 Å². The number of anilines is 5. The number of alkyl halides is 3. The number of nitrogens with one attached hydrogen (secondary N) is 3. The molecule has 11 aromatic rings. The summed E-state index contributed by atoms with van der Waals surface area (Å²) < 4.78 is 112. The third-order valence-electron chi connectivity index (χ3n) is 20.5. The highest BCUT2D eigenvalue weighted by molar-refractivity contribution is 6.02. The van der Waals surface area contributed by atoms with Gasteiger partial charge in [-0.15, -0.1) is 0 Å². The lowest BCUT2D eigenvalue weighted by Gasteiger charge is -2.20. The van der Waals surface area contributed by atoms with E-state index in [0.717, 1.165) is 82.3 Å². The van der Waals surface area contributed by atoms with Crippen LogP contribution in [0.5, 0.6) is 0 Å². The summed E-state index contributed by atoms with van der Waals surface area (Å²) in [5, 5.41) is 48.1. The number of amides is 2. The number of hydrogen-bond donors (Lipinski definition) is 5. The maximum atomic E-state index is 13.3. The quantitative estimate of drug-likeness (QED) is 0.0285. The predicted molar refractivity (Wildman–Crippen MR) is 426 cm³/mol. The Kier molecular flexibility index (Phi) is 26.2. The van der Waals surface area contributed by atoms with Gasteiger partial charge in [0, 0.05) is 58.9 Å². The summed E-state index contributed by atoms with van der Waals surface area (Å²) in [6, 6.07) is 38.2. The number of rotatable bonds is 19. The summed E-state index contributed by atoms with van der Waals surface area (Å²) in [6.45, 7) is 19.6. The molecular weight excluding hydrogens is 1570 g/mol. The second-order valence-electron chi connectivity index (χ2n) is 28.7. The Labute approximate surface area is 683 Å². The second kappa shape index (κ2) is 36.8. The number of aryl methyl sites for hydroxylation is 4. The first-order valence-electron chi connectivity index (χ1n) is 38.0. The maximum absolute atomic E-state index is 13.3. The number of fused-ring (bicyclic) bond motifs is 5. The van der Waals surface area contributed by atoms with Gasteiger partial charge in [-0.1, -0.05) is 72.8 Å². The van der Waals surface area contributed by atoms with Crippen LogP contribution in [0.4, 0.5) is 59.8 Å². The first kappa shape index (κ1) is 85.5. The Bertz CT molecular complexity index is 5590. The molecule has 0 saturated heterocycles. The molecule has 6 aromatic carbocycles. The van der Waals surface area contributed by atoms with Gasteiger partial charge in [0.15, 0.2) is 5.69 Å². The summed E-state index contributed by atoms with van der Waals surface area (Å²) in [7, 11) is 3.73. The molecule has 0 spiro atoms. The Morgan fingerprint density at radius 2 is 0.700 bits per heavy atom. The average Bonchev–Trinajstić information content (AvgIpc) is 1.65. The van der Waals surface area contributed by atoms with E-state index >= 15 is 0 Å². The van der Waals surface area contributed by atoms with Crippen molar-refractivity contribution in [2.75, 3.05) is 79.0 Å². The molecule has 0 fully saturated rings. The van der Waals surface area contributed by atoms with Crippen LogP contribution in [-0.4, -0.2) is 155 Å². The molecule has 16 rings (SSSR count). The van der Waals surface area contributed by atoms with Crippen LogP contribution in [0.15, 0.2) is 146 Å². The lowest BCUT2D eigenvalue weighted by molar-refractivity contribution is -0.142. The van der Waals surface area contributed by atoms with Gasteiger partial charge in [-0.05, 0) is 148 Å². The van der Waals surface area contributed by atoms with Crippen molar-refractivity contribution in [2.24, 2.45) is 0 Å². The number of nitrogens with zero attached hydrogens (tertiary/aromatic N) is 14. The van der Waals surface area contributed by atoms with Crippen LogP contribution in [0, 0.1) is 51.0 Å². The monoisotopic (exact) mass is 1660 g/mol. The van der Waals surface area contributed by atoms with Gasteiger partial charge in [0.05, 0.1) is 100 Å². The van der Waals surface area contributed by atoms with Crippen molar-refractivity contribution in [2.45, 2.75) is 119 Å². The number of carboxylic acid groups (broad SMARTS) is 2. The van der Waals surface area contributed by atoms with Gasteiger partial charge in [0.2, 0.25) is 0 Å². The van der Waals surface area contributed by atoms with Crippen molar-refractivity contribution >= 4 is 70.8 Å². The molecule has 0 unspecified atom stereocenters. The Morgan fingerprint density at radius 1 is 0.392 bits per heavy atom. The van der Waals surface area contributed by atoms with E-state index in [9.17, 15) is 69.4 Å². The van der Waals surface area contributed by atoms with Gasteiger partial charge in [-0.2, -0.15) is 38.7 Å². The summed E-state index contributed by atoms with van der Waals surface area (Å²) in [4.78, 5) is 91.8. The van der Waals surface area contributed by atoms with Gasteiger partial charge >= 0.3 is 36.0 Å². The van der Waals surface area contributed by atoms with Gasteiger partial charge in [-0.3, -0.25) is 9.59 Å². The molecule has 36 heteroatoms. The molecular formula is C84H86F7N17O12. The minimum Gasteiger partial charge on any atom is -0.478 e. The number of ether oxygens (including phenoxy) is 3. The molecule has 120 heavy (non-hydrogen) atoms. The molecule has 2 atom stereocenters. The normalized spacial score (nSPS) is 13.7. The van der Waals surface area contributed by atoms with Crippen molar-refractivity contribution in [3.63, 3.8) is 0 Å². The van der Waals surface area contributed by atoms with E-state index in [-0.39, 0.29) is 70.1 Å². The van der Waals surface area contributed by atoms with Crippen LogP contribution in [-0.2, 0) is 79.3 Å². The number of carbonyl (C=O) groups is 7. The fourth-order valence-electron chi connectivity index (χ4n) is 14.7. The first-order chi connectivity index (χ1) is 57.3. The van der Waals surface area contributed by atoms with Crippen molar-refractivity contribution in [1.29, 1.82) is 0 Å². The number of carboxylic acids is 2. The van der Waals surface area contributed by atoms with Crippen LogP contribution in [0.3, 0.4) is 0 Å². The smallest absolute Gasteiger partial charge is 0.436 e. The number of aromatic nitrogens is 10. The van der Waals surface area contributed by atoms with Crippen LogP contribution in [0.2, 0.25) is 0 Å². The molecule has 29 nitrogen and oxygen atoms in total. The second-order valence-corrected chi connectivity index (χ2v) is 28.7. The van der Waals surface area contributed by atoms with E-state index < -0.39 is 41.3 Å². The zero-order chi connectivity index (χ0) is 86.1. The number of aromatic carboxylic acids is 2. The molecule has 5 N–H and O–H groups in total. The molecule has 628 valence electrons. The molecule has 0 saturated carbocycles. The topological polar surface area (TPSA) is 326 Å². The first-order valence-corrected chi connectivity index (χ1v) is 38.0. The molecule has 5 aliphatic rings. The van der Waals surface area contributed by atoms with E-state index in [4.69, 9.17) is 14.6 Å². The maximum Gasteiger partial charge on any atom is 0.436 e. The number of benzene rings is 6. The Hall–Kier alpha value is -13.8. The van der Waals surface area contributed by atoms with Gasteiger partial charge in [-0.25, -0.2) is 64.9 Å². The number of halogens is 7. The molecule has 10 heterocycles. The van der Waals surface area contributed by atoms with Crippen molar-refractivity contribution in [1.82, 2.24) is 59.5 Å². The largest absolute Gasteiger partial charge is 0.478 e. The predicted octanol–water partition coefficient (Wildman–Crippen LogP) is 12.5. The number of methoxy groups -OCH3 is 3. The molecule has 0 bridgehead atoms. The van der Waals surface area contributed by atoms with Crippen LogP contribution >= 0.6 is 0 Å². The molecule has 5 aromatic heterocycles. The minimum absolute atomic E-state index is 0.0687. The number of hydrogen-bond acceptors (Lipinski definition) is 20. The van der Waals surface area contributed by atoms with E-state index in [1.54, 1.807) is 103 Å². The van der Waals surface area contributed by atoms with E-state index in [1.807, 2.05) is 46.6 Å². The van der Waals surface area contributed by atoms with Gasteiger partial charge < -0.3 is 60.0 Å². The molecule has 5 aliphatic heterocycles. The Morgan fingerprint density at radius 3 is 1.02 bits per heavy atom. The molecule has 0 aliphatic carbocycles. The zero-order valence-corrected chi connectivity index (χ0v) is 66.8. The third-order valence-corrected chi connectivity index (χ3v) is 20.5. The fourth-order valence-corrected chi connectivity index (χ4v) is 14.7. The summed E-state index contributed by atoms with van der Waals surface area (Å²) >= 11 is 0. The third kappa shape index (κ3) is 19.2. The van der Waals surface area contributed by atoms with Crippen molar-refractivity contribution < 1.29 is 88.7 Å². The van der Waals surface area contributed by atoms with Crippen LogP contribution in [0.25, 0.3) is 0 Å². The Balaban J connectivity index is 0.000000141. The summed E-state index contributed by atoms with van der Waals surface area (Å²) in [6.07, 6.45) is -4.66. The van der Waals surface area contributed by atoms with Gasteiger partial charge in [0.1, 0.15) is 80.2 Å².